The van der Waals surface area contributed by atoms with E-state index < -0.39 is 0 Å². The number of hydrogen-bond donors (Lipinski definition) is 1. The van der Waals surface area contributed by atoms with Gasteiger partial charge in [-0.2, -0.15) is 0 Å². The van der Waals surface area contributed by atoms with Gasteiger partial charge in [-0.05, 0) is 37.1 Å². The van der Waals surface area contributed by atoms with Gasteiger partial charge >= 0.3 is 5.97 Å². The Labute approximate surface area is 93.6 Å². The maximum Gasteiger partial charge on any atom is 0.323 e. The summed E-state index contributed by atoms with van der Waals surface area (Å²) in [5.41, 5.74) is 0.799. The largest absolute Gasteiger partial charge is 0.460 e. The second kappa shape index (κ2) is 5.07. The van der Waals surface area contributed by atoms with Crippen molar-refractivity contribution in [3.63, 3.8) is 0 Å². The van der Waals surface area contributed by atoms with Gasteiger partial charge in [-0.3, -0.25) is 4.79 Å². The maximum atomic E-state index is 12.6. The SMILES string of the molecule is O=C(OCc1ccc(F)cc1)[C@@H]1CCCN1. The molecule has 0 aromatic heterocycles. The summed E-state index contributed by atoms with van der Waals surface area (Å²) in [7, 11) is 0. The predicted molar refractivity (Wildman–Crippen MR) is 57.2 cm³/mol. The highest BCUT2D eigenvalue weighted by Crippen LogP contribution is 2.09. The molecule has 1 heterocycles. The minimum absolute atomic E-state index is 0.166. The molecule has 0 radical (unpaired) electrons. The van der Waals surface area contributed by atoms with Crippen LogP contribution in [0.25, 0.3) is 0 Å². The molecule has 1 atom stereocenters. The lowest BCUT2D eigenvalue weighted by Gasteiger charge is -2.10. The van der Waals surface area contributed by atoms with E-state index in [0.717, 1.165) is 24.9 Å². The lowest BCUT2D eigenvalue weighted by atomic mass is 10.2. The van der Waals surface area contributed by atoms with E-state index in [9.17, 15) is 9.18 Å². The first kappa shape index (κ1) is 11.1. The van der Waals surface area contributed by atoms with E-state index in [-0.39, 0.29) is 24.4 Å². The van der Waals surface area contributed by atoms with Crippen LogP contribution in [0.2, 0.25) is 0 Å². The second-order valence-corrected chi connectivity index (χ2v) is 3.88. The molecular weight excluding hydrogens is 209 g/mol. The van der Waals surface area contributed by atoms with E-state index in [4.69, 9.17) is 4.74 Å². The van der Waals surface area contributed by atoms with Crippen LogP contribution in [0.3, 0.4) is 0 Å². The first-order valence-corrected chi connectivity index (χ1v) is 5.40. The van der Waals surface area contributed by atoms with Crippen LogP contribution in [-0.4, -0.2) is 18.6 Å². The first-order chi connectivity index (χ1) is 7.75. The van der Waals surface area contributed by atoms with Gasteiger partial charge in [0.05, 0.1) is 0 Å². The fourth-order valence-electron chi connectivity index (χ4n) is 1.72. The molecular formula is C12H14FNO2. The molecule has 1 saturated heterocycles. The number of hydrogen-bond acceptors (Lipinski definition) is 3. The Hall–Kier alpha value is -1.42. The number of carbonyl (C=O) groups excluding carboxylic acids is 1. The Morgan fingerprint density at radius 3 is 2.81 bits per heavy atom. The van der Waals surface area contributed by atoms with Crippen LogP contribution >= 0.6 is 0 Å². The van der Waals surface area contributed by atoms with Crippen LogP contribution in [0, 0.1) is 5.82 Å². The van der Waals surface area contributed by atoms with Crippen molar-refractivity contribution in [2.45, 2.75) is 25.5 Å². The van der Waals surface area contributed by atoms with E-state index in [1.165, 1.54) is 12.1 Å². The third kappa shape index (κ3) is 2.79. The number of esters is 1. The minimum Gasteiger partial charge on any atom is -0.460 e. The highest BCUT2D eigenvalue weighted by atomic mass is 19.1. The molecule has 1 aliphatic heterocycles. The molecule has 1 fully saturated rings. The van der Waals surface area contributed by atoms with Crippen molar-refractivity contribution < 1.29 is 13.9 Å². The van der Waals surface area contributed by atoms with Gasteiger partial charge in [0, 0.05) is 0 Å². The number of halogens is 1. The average molecular weight is 223 g/mol. The molecule has 0 spiro atoms. The van der Waals surface area contributed by atoms with E-state index in [2.05, 4.69) is 5.32 Å². The van der Waals surface area contributed by atoms with Crippen LogP contribution in [0.5, 0.6) is 0 Å². The molecule has 1 N–H and O–H groups in total. The summed E-state index contributed by atoms with van der Waals surface area (Å²) in [5, 5.41) is 3.07. The predicted octanol–water partition coefficient (Wildman–Crippen LogP) is 1.62. The highest BCUT2D eigenvalue weighted by molar-refractivity contribution is 5.76. The van der Waals surface area contributed by atoms with Crippen LogP contribution < -0.4 is 5.32 Å². The summed E-state index contributed by atoms with van der Waals surface area (Å²) in [6, 6.07) is 5.78. The van der Waals surface area contributed by atoms with Crippen molar-refractivity contribution in [1.29, 1.82) is 0 Å². The Kier molecular flexibility index (Phi) is 3.51. The molecule has 0 amide bonds. The Balaban J connectivity index is 1.82. The zero-order chi connectivity index (χ0) is 11.4. The van der Waals surface area contributed by atoms with Crippen molar-refractivity contribution in [3.8, 4) is 0 Å². The molecule has 0 aliphatic carbocycles. The van der Waals surface area contributed by atoms with Crippen molar-refractivity contribution in [2.24, 2.45) is 0 Å². The van der Waals surface area contributed by atoms with Gasteiger partial charge in [-0.15, -0.1) is 0 Å². The fourth-order valence-corrected chi connectivity index (χ4v) is 1.72. The summed E-state index contributed by atoms with van der Waals surface area (Å²) >= 11 is 0. The molecule has 1 aromatic carbocycles. The number of ether oxygens (including phenoxy) is 1. The van der Waals surface area contributed by atoms with Gasteiger partial charge in [-0.1, -0.05) is 12.1 Å². The highest BCUT2D eigenvalue weighted by Gasteiger charge is 2.23. The molecule has 16 heavy (non-hydrogen) atoms. The van der Waals surface area contributed by atoms with E-state index in [0.29, 0.717) is 0 Å². The molecule has 2 rings (SSSR count). The smallest absolute Gasteiger partial charge is 0.323 e. The summed E-state index contributed by atoms with van der Waals surface area (Å²) in [6.07, 6.45) is 1.85. The minimum atomic E-state index is -0.285. The Morgan fingerprint density at radius 2 is 2.19 bits per heavy atom. The van der Waals surface area contributed by atoms with Crippen LogP contribution in [0.4, 0.5) is 4.39 Å². The van der Waals surface area contributed by atoms with Crippen LogP contribution in [0.15, 0.2) is 24.3 Å². The normalized spacial score (nSPS) is 19.7. The lowest BCUT2D eigenvalue weighted by molar-refractivity contribution is -0.147. The third-order valence-corrected chi connectivity index (χ3v) is 2.64. The number of rotatable bonds is 3. The van der Waals surface area contributed by atoms with Gasteiger partial charge in [-0.25, -0.2) is 4.39 Å². The molecule has 3 nitrogen and oxygen atoms in total. The molecule has 1 aromatic rings. The van der Waals surface area contributed by atoms with Crippen molar-refractivity contribution in [3.05, 3.63) is 35.6 Å². The van der Waals surface area contributed by atoms with Crippen molar-refractivity contribution >= 4 is 5.97 Å². The average Bonchev–Trinajstić information content (AvgIpc) is 2.81. The van der Waals surface area contributed by atoms with Gasteiger partial charge in [0.15, 0.2) is 0 Å². The zero-order valence-electron chi connectivity index (χ0n) is 8.91. The molecule has 1 aliphatic rings. The van der Waals surface area contributed by atoms with Crippen molar-refractivity contribution in [1.82, 2.24) is 5.32 Å². The third-order valence-electron chi connectivity index (χ3n) is 2.64. The summed E-state index contributed by atoms with van der Waals surface area (Å²) in [5.74, 6) is -0.505. The molecule has 0 unspecified atom stereocenters. The van der Waals surface area contributed by atoms with E-state index in [1.807, 2.05) is 0 Å². The maximum absolute atomic E-state index is 12.6. The van der Waals surface area contributed by atoms with Gasteiger partial charge in [0.2, 0.25) is 0 Å². The van der Waals surface area contributed by atoms with Gasteiger partial charge in [0.25, 0.3) is 0 Å². The molecule has 0 bridgehead atoms. The summed E-state index contributed by atoms with van der Waals surface area (Å²) in [6.45, 7) is 1.08. The van der Waals surface area contributed by atoms with E-state index in [1.54, 1.807) is 12.1 Å². The fraction of sp³-hybridized carbons (Fsp3) is 0.417. The topological polar surface area (TPSA) is 38.3 Å². The van der Waals surface area contributed by atoms with Gasteiger partial charge in [0.1, 0.15) is 18.5 Å². The quantitative estimate of drug-likeness (QED) is 0.791. The number of benzene rings is 1. The van der Waals surface area contributed by atoms with Crippen LogP contribution in [0.1, 0.15) is 18.4 Å². The van der Waals surface area contributed by atoms with Gasteiger partial charge < -0.3 is 10.1 Å². The molecule has 86 valence electrons. The Morgan fingerprint density at radius 1 is 1.44 bits per heavy atom. The Bertz CT molecular complexity index is 358. The number of nitrogens with one attached hydrogen (secondary N) is 1. The zero-order valence-corrected chi connectivity index (χ0v) is 8.91. The molecule has 4 heteroatoms. The standard InChI is InChI=1S/C12H14FNO2/c13-10-5-3-9(4-6-10)8-16-12(15)11-2-1-7-14-11/h3-6,11,14H,1-2,7-8H2/t11-/m0/s1. The van der Waals surface area contributed by atoms with E-state index >= 15 is 0 Å². The summed E-state index contributed by atoms with van der Waals surface area (Å²) < 4.78 is 17.7. The van der Waals surface area contributed by atoms with Crippen LogP contribution in [-0.2, 0) is 16.1 Å². The second-order valence-electron chi connectivity index (χ2n) is 3.88. The van der Waals surface area contributed by atoms with Crippen molar-refractivity contribution in [2.75, 3.05) is 6.54 Å². The summed E-state index contributed by atoms with van der Waals surface area (Å²) in [4.78, 5) is 11.5. The monoisotopic (exact) mass is 223 g/mol. The molecule has 0 saturated carbocycles. The lowest BCUT2D eigenvalue weighted by Crippen LogP contribution is -2.32. The number of carbonyl (C=O) groups is 1. The first-order valence-electron chi connectivity index (χ1n) is 5.40.